The largest absolute Gasteiger partial charge is 0.477 e. The molecular weight excluding hydrogens is 343 g/mol. The summed E-state index contributed by atoms with van der Waals surface area (Å²) in [5.74, 6) is -1.72. The summed E-state index contributed by atoms with van der Waals surface area (Å²) in [5.41, 5.74) is 2.67. The number of hydrogen-bond donors (Lipinski definition) is 2. The molecule has 116 valence electrons. The summed E-state index contributed by atoms with van der Waals surface area (Å²) < 4.78 is 14.2. The van der Waals surface area contributed by atoms with Gasteiger partial charge >= 0.3 is 5.97 Å². The van der Waals surface area contributed by atoms with E-state index in [-0.39, 0.29) is 16.7 Å². The van der Waals surface area contributed by atoms with Gasteiger partial charge < -0.3 is 10.4 Å². The number of carboxylic acid groups (broad SMARTS) is 1. The van der Waals surface area contributed by atoms with Gasteiger partial charge in [0.25, 0.3) is 0 Å². The summed E-state index contributed by atoms with van der Waals surface area (Å²) in [7, 11) is 0. The van der Waals surface area contributed by atoms with E-state index in [1.807, 2.05) is 0 Å². The van der Waals surface area contributed by atoms with Gasteiger partial charge in [-0.05, 0) is 29.8 Å². The van der Waals surface area contributed by atoms with Crippen molar-refractivity contribution in [2.45, 2.75) is 0 Å². The van der Waals surface area contributed by atoms with Gasteiger partial charge in [-0.15, -0.1) is 11.3 Å². The molecule has 0 aliphatic carbocycles. The highest BCUT2D eigenvalue weighted by Gasteiger charge is 2.14. The minimum atomic E-state index is -1.22. The second-order valence-electron chi connectivity index (χ2n) is 4.40. The molecule has 0 spiro atoms. The molecule has 0 unspecified atom stereocenters. The van der Waals surface area contributed by atoms with Crippen LogP contribution in [0.1, 0.15) is 10.4 Å². The zero-order valence-corrected chi connectivity index (χ0v) is 12.9. The Hall–Kier alpha value is -2.58. The minimum absolute atomic E-state index is 0.0155. The van der Waals surface area contributed by atoms with Crippen LogP contribution in [-0.2, 0) is 0 Å². The SMILES string of the molecule is O=C(O)c1cnc(Cl)nc1Nc1ccc(-c2cscn2)c(F)c1. The smallest absolute Gasteiger partial charge is 0.341 e. The average molecular weight is 351 g/mol. The second-order valence-corrected chi connectivity index (χ2v) is 5.46. The van der Waals surface area contributed by atoms with Crippen LogP contribution in [0.15, 0.2) is 35.3 Å². The van der Waals surface area contributed by atoms with Crippen LogP contribution in [0.3, 0.4) is 0 Å². The van der Waals surface area contributed by atoms with Crippen molar-refractivity contribution in [2.75, 3.05) is 5.32 Å². The summed E-state index contributed by atoms with van der Waals surface area (Å²) in [6.07, 6.45) is 1.08. The van der Waals surface area contributed by atoms with Crippen molar-refractivity contribution in [3.05, 3.63) is 52.0 Å². The fourth-order valence-corrected chi connectivity index (χ4v) is 2.58. The first-order valence-corrected chi connectivity index (χ1v) is 7.57. The monoisotopic (exact) mass is 350 g/mol. The van der Waals surface area contributed by atoms with E-state index in [2.05, 4.69) is 20.3 Å². The number of benzene rings is 1. The fraction of sp³-hybridized carbons (Fsp3) is 0. The lowest BCUT2D eigenvalue weighted by atomic mass is 10.1. The third kappa shape index (κ3) is 3.27. The van der Waals surface area contributed by atoms with Gasteiger partial charge in [-0.25, -0.2) is 19.2 Å². The van der Waals surface area contributed by atoms with Gasteiger partial charge in [0.2, 0.25) is 5.28 Å². The molecule has 2 aromatic heterocycles. The van der Waals surface area contributed by atoms with E-state index in [4.69, 9.17) is 16.7 Å². The highest BCUT2D eigenvalue weighted by atomic mass is 35.5. The fourth-order valence-electron chi connectivity index (χ4n) is 1.89. The number of aromatic nitrogens is 3. The maximum atomic E-state index is 14.2. The molecular formula is C14H8ClFN4O2S. The zero-order valence-electron chi connectivity index (χ0n) is 11.3. The van der Waals surface area contributed by atoms with Crippen molar-refractivity contribution in [3.63, 3.8) is 0 Å². The van der Waals surface area contributed by atoms with Crippen molar-refractivity contribution in [2.24, 2.45) is 0 Å². The Morgan fingerprint density at radius 2 is 2.17 bits per heavy atom. The van der Waals surface area contributed by atoms with Crippen molar-refractivity contribution < 1.29 is 14.3 Å². The third-order valence-electron chi connectivity index (χ3n) is 2.93. The van der Waals surface area contributed by atoms with Crippen LogP contribution in [0.25, 0.3) is 11.3 Å². The van der Waals surface area contributed by atoms with Gasteiger partial charge in [0.15, 0.2) is 0 Å². The van der Waals surface area contributed by atoms with Crippen molar-refractivity contribution in [1.29, 1.82) is 0 Å². The lowest BCUT2D eigenvalue weighted by molar-refractivity contribution is 0.0697. The second kappa shape index (κ2) is 6.27. The maximum Gasteiger partial charge on any atom is 0.341 e. The van der Waals surface area contributed by atoms with Gasteiger partial charge in [-0.2, -0.15) is 4.98 Å². The quantitative estimate of drug-likeness (QED) is 0.695. The summed E-state index contributed by atoms with van der Waals surface area (Å²) in [6.45, 7) is 0. The van der Waals surface area contributed by atoms with Gasteiger partial charge in [0.05, 0.1) is 11.2 Å². The number of anilines is 2. The number of hydrogen-bond acceptors (Lipinski definition) is 6. The molecule has 2 N–H and O–H groups in total. The molecule has 2 heterocycles. The molecule has 3 aromatic rings. The Balaban J connectivity index is 1.94. The van der Waals surface area contributed by atoms with E-state index in [1.165, 1.54) is 17.4 Å². The van der Waals surface area contributed by atoms with Crippen molar-refractivity contribution >= 4 is 40.4 Å². The molecule has 0 radical (unpaired) electrons. The number of halogens is 2. The molecule has 1 aromatic carbocycles. The lowest BCUT2D eigenvalue weighted by Gasteiger charge is -2.09. The lowest BCUT2D eigenvalue weighted by Crippen LogP contribution is -2.06. The Morgan fingerprint density at radius 3 is 2.83 bits per heavy atom. The number of thiazole rings is 1. The molecule has 0 bridgehead atoms. The van der Waals surface area contributed by atoms with Gasteiger partial charge in [0, 0.05) is 22.8 Å². The number of nitrogens with one attached hydrogen (secondary N) is 1. The van der Waals surface area contributed by atoms with E-state index >= 15 is 0 Å². The van der Waals surface area contributed by atoms with E-state index in [1.54, 1.807) is 23.0 Å². The Bertz CT molecular complexity index is 873. The number of carbonyl (C=O) groups is 1. The summed E-state index contributed by atoms with van der Waals surface area (Å²) >= 11 is 7.04. The molecule has 0 aliphatic rings. The van der Waals surface area contributed by atoms with E-state index in [9.17, 15) is 9.18 Å². The molecule has 0 amide bonds. The van der Waals surface area contributed by atoms with Crippen LogP contribution in [0.5, 0.6) is 0 Å². The molecule has 6 nitrogen and oxygen atoms in total. The first-order chi connectivity index (χ1) is 11.0. The molecule has 3 rings (SSSR count). The third-order valence-corrected chi connectivity index (χ3v) is 3.70. The summed E-state index contributed by atoms with van der Waals surface area (Å²) in [6, 6.07) is 4.38. The highest BCUT2D eigenvalue weighted by Crippen LogP contribution is 2.27. The van der Waals surface area contributed by atoms with Crippen molar-refractivity contribution in [3.8, 4) is 11.3 Å². The topological polar surface area (TPSA) is 88.0 Å². The number of carboxylic acids is 1. The predicted molar refractivity (Wildman–Crippen MR) is 84.8 cm³/mol. The van der Waals surface area contributed by atoms with Crippen LogP contribution in [-0.4, -0.2) is 26.0 Å². The molecule has 0 saturated heterocycles. The van der Waals surface area contributed by atoms with Gasteiger partial charge in [0.1, 0.15) is 17.2 Å². The predicted octanol–water partition coefficient (Wildman–Crippen LogP) is 3.83. The van der Waals surface area contributed by atoms with E-state index in [0.29, 0.717) is 16.9 Å². The molecule has 0 atom stereocenters. The Kier molecular flexibility index (Phi) is 4.18. The number of nitrogens with zero attached hydrogens (tertiary/aromatic N) is 3. The molecule has 0 fully saturated rings. The molecule has 9 heteroatoms. The zero-order chi connectivity index (χ0) is 16.4. The molecule has 0 saturated carbocycles. The van der Waals surface area contributed by atoms with E-state index in [0.717, 1.165) is 6.20 Å². The highest BCUT2D eigenvalue weighted by molar-refractivity contribution is 7.07. The Labute approximate surface area is 138 Å². The maximum absolute atomic E-state index is 14.2. The van der Waals surface area contributed by atoms with Crippen LogP contribution in [0.4, 0.5) is 15.9 Å². The normalized spacial score (nSPS) is 10.5. The summed E-state index contributed by atoms with van der Waals surface area (Å²) in [5, 5.41) is 13.5. The van der Waals surface area contributed by atoms with Crippen LogP contribution in [0.2, 0.25) is 5.28 Å². The number of aromatic carboxylic acids is 1. The average Bonchev–Trinajstić information content (AvgIpc) is 3.01. The van der Waals surface area contributed by atoms with Crippen LogP contribution in [0, 0.1) is 5.82 Å². The Morgan fingerprint density at radius 1 is 1.35 bits per heavy atom. The van der Waals surface area contributed by atoms with Gasteiger partial charge in [-0.3, -0.25) is 0 Å². The minimum Gasteiger partial charge on any atom is -0.477 e. The molecule has 23 heavy (non-hydrogen) atoms. The van der Waals surface area contributed by atoms with Crippen LogP contribution >= 0.6 is 22.9 Å². The van der Waals surface area contributed by atoms with Gasteiger partial charge in [-0.1, -0.05) is 0 Å². The van der Waals surface area contributed by atoms with Crippen molar-refractivity contribution in [1.82, 2.24) is 15.0 Å². The standard InChI is InChI=1S/C14H8ClFN4O2S/c15-14-17-4-9(13(21)22)12(20-14)19-7-1-2-8(10(16)3-7)11-5-23-6-18-11/h1-6H,(H,21,22)(H,17,19,20). The summed E-state index contributed by atoms with van der Waals surface area (Å²) in [4.78, 5) is 22.6. The first-order valence-electron chi connectivity index (χ1n) is 6.25. The first kappa shape index (κ1) is 15.3. The van der Waals surface area contributed by atoms with Crippen LogP contribution < -0.4 is 5.32 Å². The number of rotatable bonds is 4. The van der Waals surface area contributed by atoms with E-state index < -0.39 is 11.8 Å². The molecule has 0 aliphatic heterocycles.